The van der Waals surface area contributed by atoms with Crippen molar-refractivity contribution in [2.75, 3.05) is 27.4 Å². The van der Waals surface area contributed by atoms with Crippen LogP contribution in [0.4, 0.5) is 0 Å². The predicted octanol–water partition coefficient (Wildman–Crippen LogP) is 5.42. The fraction of sp³-hybridized carbons (Fsp3) is 0.312. The van der Waals surface area contributed by atoms with E-state index in [4.69, 9.17) is 34.6 Å². The van der Waals surface area contributed by atoms with Crippen LogP contribution in [0.15, 0.2) is 89.5 Å². The number of ether oxygens (including phenoxy) is 4. The molecule has 0 unspecified atom stereocenters. The number of azide groups is 1. The Bertz CT molecular complexity index is 1500. The first-order chi connectivity index (χ1) is 21.0. The van der Waals surface area contributed by atoms with Gasteiger partial charge in [-0.3, -0.25) is 4.79 Å². The molecule has 1 aliphatic rings. The molecule has 1 amide bonds. The number of nitrogens with zero attached hydrogens (tertiary/aromatic N) is 4. The van der Waals surface area contributed by atoms with Gasteiger partial charge in [0.1, 0.15) is 5.75 Å². The molecule has 11 nitrogen and oxygen atoms in total. The largest absolute Gasteiger partial charge is 0.494 e. The second-order valence-electron chi connectivity index (χ2n) is 9.74. The van der Waals surface area contributed by atoms with Gasteiger partial charge in [0.05, 0.1) is 27.4 Å². The van der Waals surface area contributed by atoms with Crippen molar-refractivity contribution in [3.8, 4) is 17.2 Å². The molecule has 0 aromatic heterocycles. The summed E-state index contributed by atoms with van der Waals surface area (Å²) in [5, 5.41) is 15.8. The van der Waals surface area contributed by atoms with Crippen LogP contribution in [0.3, 0.4) is 0 Å². The monoisotopic (exact) mass is 585 g/mol. The molecule has 2 atom stereocenters. The molecule has 0 fully saturated rings. The smallest absolute Gasteiger partial charge is 0.252 e. The number of methoxy groups -OCH3 is 2. The van der Waals surface area contributed by atoms with Gasteiger partial charge in [0, 0.05) is 36.5 Å². The summed E-state index contributed by atoms with van der Waals surface area (Å²) in [7, 11) is 3.11. The van der Waals surface area contributed by atoms with Crippen molar-refractivity contribution >= 4 is 11.8 Å². The number of aliphatic imine (C=N–C) groups is 1. The highest BCUT2D eigenvalue weighted by molar-refractivity contribution is 6.01. The number of hydrogen-bond donors (Lipinski definition) is 2. The number of rotatable bonds is 15. The Hall–Kier alpha value is -4.99. The van der Waals surface area contributed by atoms with Gasteiger partial charge in [-0.2, -0.15) is 0 Å². The maximum Gasteiger partial charge on any atom is 0.252 e. The van der Waals surface area contributed by atoms with E-state index < -0.39 is 11.6 Å². The molecule has 11 heteroatoms. The second kappa shape index (κ2) is 14.8. The quantitative estimate of drug-likeness (QED) is 0.0800. The average Bonchev–Trinajstić information content (AvgIpc) is 3.43. The Kier molecular flexibility index (Phi) is 10.6. The summed E-state index contributed by atoms with van der Waals surface area (Å²) >= 11 is 0. The molecule has 3 aromatic rings. The van der Waals surface area contributed by atoms with Gasteiger partial charge in [0.2, 0.25) is 5.90 Å². The third-order valence-electron chi connectivity index (χ3n) is 7.03. The van der Waals surface area contributed by atoms with Crippen molar-refractivity contribution in [3.63, 3.8) is 0 Å². The molecule has 4 rings (SSSR count). The zero-order valence-corrected chi connectivity index (χ0v) is 24.2. The minimum Gasteiger partial charge on any atom is -0.494 e. The van der Waals surface area contributed by atoms with Crippen molar-refractivity contribution in [1.29, 1.82) is 0 Å². The summed E-state index contributed by atoms with van der Waals surface area (Å²) < 4.78 is 22.9. The fourth-order valence-corrected chi connectivity index (χ4v) is 4.88. The number of carbonyl (C=O) groups excluding carboxylic acids is 1. The van der Waals surface area contributed by atoms with E-state index in [0.29, 0.717) is 41.4 Å². The summed E-state index contributed by atoms with van der Waals surface area (Å²) in [6, 6.07) is 20.0. The Morgan fingerprint density at radius 2 is 1.93 bits per heavy atom. The van der Waals surface area contributed by atoms with Crippen molar-refractivity contribution in [3.05, 3.63) is 112 Å². The van der Waals surface area contributed by atoms with Crippen LogP contribution in [0.2, 0.25) is 0 Å². The molecule has 0 saturated carbocycles. The Morgan fingerprint density at radius 3 is 2.63 bits per heavy atom. The number of amides is 1. The van der Waals surface area contributed by atoms with E-state index in [1.54, 1.807) is 44.6 Å². The first kappa shape index (κ1) is 31.0. The third kappa shape index (κ3) is 7.09. The first-order valence-electron chi connectivity index (χ1n) is 13.8. The van der Waals surface area contributed by atoms with Gasteiger partial charge in [0.15, 0.2) is 23.1 Å². The molecule has 1 aliphatic heterocycles. The molecule has 2 N–H and O–H groups in total. The van der Waals surface area contributed by atoms with E-state index in [2.05, 4.69) is 21.9 Å². The first-order valence-corrected chi connectivity index (χ1v) is 13.8. The van der Waals surface area contributed by atoms with E-state index >= 15 is 0 Å². The number of aliphatic hydroxyl groups is 1. The summed E-state index contributed by atoms with van der Waals surface area (Å²) in [4.78, 5) is 22.0. The molecule has 1 heterocycles. The topological polar surface area (TPSA) is 147 Å². The van der Waals surface area contributed by atoms with Crippen molar-refractivity contribution in [2.45, 2.75) is 37.6 Å². The molecule has 43 heavy (non-hydrogen) atoms. The van der Waals surface area contributed by atoms with Gasteiger partial charge >= 0.3 is 0 Å². The molecular formula is C32H35N5O6. The molecule has 0 radical (unpaired) electrons. The number of carbonyl (C=O) groups is 1. The molecule has 0 bridgehead atoms. The van der Waals surface area contributed by atoms with Gasteiger partial charge in [-0.1, -0.05) is 41.5 Å². The molecule has 224 valence electrons. The number of nitrogens with one attached hydrogen (secondary N) is 1. The van der Waals surface area contributed by atoms with Crippen LogP contribution in [-0.2, 0) is 22.6 Å². The van der Waals surface area contributed by atoms with Crippen LogP contribution in [0, 0.1) is 0 Å². The summed E-state index contributed by atoms with van der Waals surface area (Å²) in [5.41, 5.74) is 10.4. The Labute approximate surface area is 250 Å². The van der Waals surface area contributed by atoms with Crippen molar-refractivity contribution in [2.24, 2.45) is 10.1 Å². The minimum absolute atomic E-state index is 0.0464. The van der Waals surface area contributed by atoms with Crippen LogP contribution in [0.5, 0.6) is 17.2 Å². The Balaban J connectivity index is 1.71. The van der Waals surface area contributed by atoms with E-state index in [-0.39, 0.29) is 37.9 Å². The lowest BCUT2D eigenvalue weighted by molar-refractivity contribution is -0.129. The molecule has 0 aliphatic carbocycles. The Morgan fingerprint density at radius 1 is 1.16 bits per heavy atom. The fourth-order valence-electron chi connectivity index (χ4n) is 4.88. The maximum atomic E-state index is 14.2. The summed E-state index contributed by atoms with van der Waals surface area (Å²) in [6.07, 6.45) is 1.51. The highest BCUT2D eigenvalue weighted by atomic mass is 16.5. The highest BCUT2D eigenvalue weighted by Crippen LogP contribution is 2.44. The van der Waals surface area contributed by atoms with Gasteiger partial charge in [-0.25, -0.2) is 4.99 Å². The summed E-state index contributed by atoms with van der Waals surface area (Å²) in [5.74, 6) is 1.70. The molecular weight excluding hydrogens is 550 g/mol. The van der Waals surface area contributed by atoms with E-state index in [1.165, 1.54) is 0 Å². The van der Waals surface area contributed by atoms with Crippen LogP contribution in [0.25, 0.3) is 10.4 Å². The van der Waals surface area contributed by atoms with Gasteiger partial charge < -0.3 is 29.4 Å². The lowest BCUT2D eigenvalue weighted by Gasteiger charge is -2.30. The van der Waals surface area contributed by atoms with E-state index in [1.807, 2.05) is 42.5 Å². The zero-order chi connectivity index (χ0) is 30.7. The van der Waals surface area contributed by atoms with Gasteiger partial charge in [-0.05, 0) is 58.6 Å². The average molecular weight is 586 g/mol. The number of benzene rings is 3. The van der Waals surface area contributed by atoms with Crippen molar-refractivity contribution < 1.29 is 28.8 Å². The van der Waals surface area contributed by atoms with Crippen LogP contribution >= 0.6 is 0 Å². The van der Waals surface area contributed by atoms with Crippen LogP contribution in [-0.4, -0.2) is 49.9 Å². The van der Waals surface area contributed by atoms with E-state index in [0.717, 1.165) is 11.1 Å². The van der Waals surface area contributed by atoms with Gasteiger partial charge in [-0.15, -0.1) is 6.58 Å². The van der Waals surface area contributed by atoms with Gasteiger partial charge in [0.25, 0.3) is 5.91 Å². The standard InChI is InChI=1S/C32H35N5O6/c1-4-16-32(31(39)34-20-22-10-15-27(40-2)28(19-22)41-3)29(26-9-6-5-8-24(26)21-35-37-33)43-30(36-32)23-11-13-25(14-12-23)42-18-7-17-38/h4-6,8-15,19,29,38H,1,7,16-18,20-21H2,2-3H3,(H,34,39)/t29-,32-/m1/s1. The molecule has 3 aromatic carbocycles. The molecule has 0 saturated heterocycles. The third-order valence-corrected chi connectivity index (χ3v) is 7.03. The van der Waals surface area contributed by atoms with Crippen LogP contribution in [0.1, 0.15) is 41.2 Å². The number of hydrogen-bond acceptors (Lipinski definition) is 8. The highest BCUT2D eigenvalue weighted by Gasteiger charge is 2.52. The second-order valence-corrected chi connectivity index (χ2v) is 9.74. The normalized spacial score (nSPS) is 17.2. The number of aliphatic hydroxyl groups excluding tert-OH is 1. The summed E-state index contributed by atoms with van der Waals surface area (Å²) in [6.45, 7) is 4.64. The lowest BCUT2D eigenvalue weighted by Crippen LogP contribution is -2.48. The van der Waals surface area contributed by atoms with E-state index in [9.17, 15) is 4.79 Å². The minimum atomic E-state index is -1.41. The van der Waals surface area contributed by atoms with Crippen LogP contribution < -0.4 is 19.5 Å². The molecule has 0 spiro atoms. The predicted molar refractivity (Wildman–Crippen MR) is 162 cm³/mol. The van der Waals surface area contributed by atoms with Crippen molar-refractivity contribution in [1.82, 2.24) is 5.32 Å². The maximum absolute atomic E-state index is 14.2. The SMILES string of the molecule is C=CC[C@@]1(C(=O)NCc2ccc(OC)c(OC)c2)N=C(c2ccc(OCCCO)cc2)O[C@@H]1c1ccccc1CN=[N+]=[N-]. The lowest BCUT2D eigenvalue weighted by atomic mass is 9.82. The zero-order valence-electron chi connectivity index (χ0n) is 24.2.